The Bertz CT molecular complexity index is 710. The lowest BCUT2D eigenvalue weighted by atomic mass is 9.70. The molecule has 1 aromatic carbocycles. The minimum absolute atomic E-state index is 0.0971. The van der Waals surface area contributed by atoms with Gasteiger partial charge in [0.1, 0.15) is 0 Å². The molecule has 1 amide bonds. The summed E-state index contributed by atoms with van der Waals surface area (Å²) in [6, 6.07) is 5.19. The molecule has 5 heteroatoms. The van der Waals surface area contributed by atoms with E-state index in [9.17, 15) is 4.79 Å². The molecule has 23 heavy (non-hydrogen) atoms. The van der Waals surface area contributed by atoms with Crippen molar-refractivity contribution in [1.82, 2.24) is 5.43 Å². The number of benzene rings is 1. The lowest BCUT2D eigenvalue weighted by Crippen LogP contribution is -2.34. The first-order valence-electron chi connectivity index (χ1n) is 8.19. The molecule has 1 N–H and O–H groups in total. The SMILES string of the molecule is CC1(C)[C@@H]2CC[C@]1(C)/C(=N/NC(=O)c1ccc3c(c1)OCO3)C2. The Balaban J connectivity index is 1.52. The fourth-order valence-electron chi connectivity index (χ4n) is 4.32. The fraction of sp³-hybridized carbons (Fsp3) is 0.556. The van der Waals surface area contributed by atoms with Crippen molar-refractivity contribution in [2.24, 2.45) is 21.8 Å². The third kappa shape index (κ3) is 1.98. The Morgan fingerprint density at radius 2 is 2.04 bits per heavy atom. The van der Waals surface area contributed by atoms with Gasteiger partial charge in [0.25, 0.3) is 5.91 Å². The number of nitrogens with one attached hydrogen (secondary N) is 1. The molecule has 3 aliphatic rings. The standard InChI is InChI=1S/C18H22N2O3/c1-17(2)12-6-7-18(17,3)15(9-12)19-20-16(21)11-4-5-13-14(8-11)23-10-22-13/h4-5,8,12H,6-7,9-10H2,1-3H3,(H,20,21)/b19-15+/t12-,18-/m1/s1. The van der Waals surface area contributed by atoms with Gasteiger partial charge in [0, 0.05) is 16.7 Å². The summed E-state index contributed by atoms with van der Waals surface area (Å²) in [4.78, 5) is 12.4. The smallest absolute Gasteiger partial charge is 0.271 e. The molecule has 0 saturated heterocycles. The zero-order chi connectivity index (χ0) is 16.2. The van der Waals surface area contributed by atoms with Crippen LogP contribution in [0.25, 0.3) is 0 Å². The molecule has 2 atom stereocenters. The van der Waals surface area contributed by atoms with Gasteiger partial charge in [-0.3, -0.25) is 4.79 Å². The molecular weight excluding hydrogens is 292 g/mol. The highest BCUT2D eigenvalue weighted by molar-refractivity contribution is 5.98. The zero-order valence-corrected chi connectivity index (χ0v) is 13.8. The predicted octanol–water partition coefficient (Wildman–Crippen LogP) is 3.35. The Morgan fingerprint density at radius 1 is 1.26 bits per heavy atom. The number of hydrazone groups is 1. The van der Waals surface area contributed by atoms with Gasteiger partial charge < -0.3 is 9.47 Å². The molecule has 2 aliphatic carbocycles. The lowest BCUT2D eigenvalue weighted by molar-refractivity contribution is 0.0953. The normalized spacial score (nSPS) is 31.6. The van der Waals surface area contributed by atoms with Crippen LogP contribution in [-0.2, 0) is 0 Å². The number of amides is 1. The van der Waals surface area contributed by atoms with Gasteiger partial charge in [-0.2, -0.15) is 5.10 Å². The van der Waals surface area contributed by atoms with E-state index in [0.29, 0.717) is 23.0 Å². The van der Waals surface area contributed by atoms with E-state index in [-0.39, 0.29) is 23.5 Å². The van der Waals surface area contributed by atoms with Crippen LogP contribution in [0.4, 0.5) is 0 Å². The van der Waals surface area contributed by atoms with Gasteiger partial charge in [0.05, 0.1) is 0 Å². The first kappa shape index (κ1) is 14.5. The maximum atomic E-state index is 12.4. The largest absolute Gasteiger partial charge is 0.454 e. The maximum absolute atomic E-state index is 12.4. The van der Waals surface area contributed by atoms with Crippen LogP contribution in [0.15, 0.2) is 23.3 Å². The fourth-order valence-corrected chi connectivity index (χ4v) is 4.32. The molecular formula is C18H22N2O3. The van der Waals surface area contributed by atoms with Crippen molar-refractivity contribution in [3.8, 4) is 11.5 Å². The van der Waals surface area contributed by atoms with Crippen LogP contribution in [0.3, 0.4) is 0 Å². The van der Waals surface area contributed by atoms with Crippen LogP contribution in [0, 0.1) is 16.7 Å². The number of ether oxygens (including phenoxy) is 2. The highest BCUT2D eigenvalue weighted by Gasteiger charge is 2.60. The molecule has 122 valence electrons. The third-order valence-corrected chi connectivity index (χ3v) is 6.44. The van der Waals surface area contributed by atoms with Crippen molar-refractivity contribution >= 4 is 11.6 Å². The zero-order valence-electron chi connectivity index (χ0n) is 13.8. The second-order valence-corrected chi connectivity index (χ2v) is 7.56. The molecule has 2 saturated carbocycles. The van der Waals surface area contributed by atoms with Crippen molar-refractivity contribution in [2.75, 3.05) is 6.79 Å². The van der Waals surface area contributed by atoms with Crippen LogP contribution in [-0.4, -0.2) is 18.4 Å². The average molecular weight is 314 g/mol. The molecule has 0 spiro atoms. The third-order valence-electron chi connectivity index (χ3n) is 6.44. The molecule has 0 unspecified atom stereocenters. The number of hydrogen-bond donors (Lipinski definition) is 1. The van der Waals surface area contributed by atoms with Crippen LogP contribution >= 0.6 is 0 Å². The molecule has 2 bridgehead atoms. The number of carbonyl (C=O) groups excluding carboxylic acids is 1. The molecule has 4 rings (SSSR count). The van der Waals surface area contributed by atoms with Gasteiger partial charge in [-0.15, -0.1) is 0 Å². The second-order valence-electron chi connectivity index (χ2n) is 7.56. The molecule has 0 radical (unpaired) electrons. The Kier molecular flexibility index (Phi) is 2.99. The number of hydrogen-bond acceptors (Lipinski definition) is 4. The lowest BCUT2D eigenvalue weighted by Gasteiger charge is -2.34. The summed E-state index contributed by atoms with van der Waals surface area (Å²) in [5.41, 5.74) is 4.75. The highest BCUT2D eigenvalue weighted by Crippen LogP contribution is 2.63. The summed E-state index contributed by atoms with van der Waals surface area (Å²) in [5, 5.41) is 4.49. The van der Waals surface area contributed by atoms with E-state index in [0.717, 1.165) is 18.6 Å². The van der Waals surface area contributed by atoms with Crippen LogP contribution < -0.4 is 14.9 Å². The highest BCUT2D eigenvalue weighted by atomic mass is 16.7. The van der Waals surface area contributed by atoms with Gasteiger partial charge in [-0.05, 0) is 48.8 Å². The molecule has 1 aromatic rings. The van der Waals surface area contributed by atoms with E-state index >= 15 is 0 Å². The van der Waals surface area contributed by atoms with Crippen molar-refractivity contribution < 1.29 is 14.3 Å². The van der Waals surface area contributed by atoms with Gasteiger partial charge in [0.2, 0.25) is 6.79 Å². The summed E-state index contributed by atoms with van der Waals surface area (Å²) < 4.78 is 10.6. The summed E-state index contributed by atoms with van der Waals surface area (Å²) >= 11 is 0. The van der Waals surface area contributed by atoms with E-state index in [4.69, 9.17) is 9.47 Å². The van der Waals surface area contributed by atoms with Gasteiger partial charge in [0.15, 0.2) is 11.5 Å². The summed E-state index contributed by atoms with van der Waals surface area (Å²) in [6.07, 6.45) is 3.41. The molecule has 5 nitrogen and oxygen atoms in total. The summed E-state index contributed by atoms with van der Waals surface area (Å²) in [7, 11) is 0. The summed E-state index contributed by atoms with van der Waals surface area (Å²) in [5.74, 6) is 1.75. The first-order chi connectivity index (χ1) is 10.9. The molecule has 0 aromatic heterocycles. The molecule has 1 heterocycles. The monoisotopic (exact) mass is 314 g/mol. The Hall–Kier alpha value is -2.04. The molecule has 2 fully saturated rings. The van der Waals surface area contributed by atoms with Gasteiger partial charge in [-0.25, -0.2) is 5.43 Å². The Morgan fingerprint density at radius 3 is 2.74 bits per heavy atom. The number of rotatable bonds is 2. The van der Waals surface area contributed by atoms with Crippen LogP contribution in [0.5, 0.6) is 11.5 Å². The van der Waals surface area contributed by atoms with E-state index < -0.39 is 0 Å². The maximum Gasteiger partial charge on any atom is 0.271 e. The topological polar surface area (TPSA) is 59.9 Å². The predicted molar refractivity (Wildman–Crippen MR) is 86.7 cm³/mol. The van der Waals surface area contributed by atoms with E-state index in [1.54, 1.807) is 18.2 Å². The second kappa shape index (κ2) is 4.73. The van der Waals surface area contributed by atoms with Crippen LogP contribution in [0.2, 0.25) is 0 Å². The number of nitrogens with zero attached hydrogens (tertiary/aromatic N) is 1. The minimum Gasteiger partial charge on any atom is -0.454 e. The van der Waals surface area contributed by atoms with E-state index in [1.807, 2.05) is 0 Å². The van der Waals surface area contributed by atoms with Gasteiger partial charge in [-0.1, -0.05) is 20.8 Å². The summed E-state index contributed by atoms with van der Waals surface area (Å²) in [6.45, 7) is 7.14. The van der Waals surface area contributed by atoms with Crippen molar-refractivity contribution in [3.63, 3.8) is 0 Å². The van der Waals surface area contributed by atoms with E-state index in [2.05, 4.69) is 31.3 Å². The molecule has 1 aliphatic heterocycles. The van der Waals surface area contributed by atoms with Crippen molar-refractivity contribution in [3.05, 3.63) is 23.8 Å². The van der Waals surface area contributed by atoms with Gasteiger partial charge >= 0.3 is 0 Å². The van der Waals surface area contributed by atoms with Crippen molar-refractivity contribution in [2.45, 2.75) is 40.0 Å². The minimum atomic E-state index is -0.208. The average Bonchev–Trinajstić information content (AvgIpc) is 3.13. The Labute approximate surface area is 136 Å². The number of carbonyl (C=O) groups is 1. The first-order valence-corrected chi connectivity index (χ1v) is 8.19. The van der Waals surface area contributed by atoms with Crippen LogP contribution in [0.1, 0.15) is 50.4 Å². The van der Waals surface area contributed by atoms with E-state index in [1.165, 1.54) is 6.42 Å². The quantitative estimate of drug-likeness (QED) is 0.852. The van der Waals surface area contributed by atoms with Crippen molar-refractivity contribution in [1.29, 1.82) is 0 Å². The number of fused-ring (bicyclic) bond motifs is 3.